The van der Waals surface area contributed by atoms with Crippen LogP contribution in [0.25, 0.3) is 295 Å². The standard InChI is InChI=1S/C48H28N4S.C46H28N4.C42H26N4/c1-2-14-31-29(13-1)28-42-45(47(31)51-39-21-9-3-15-32(39)33-16-4-10-22-40(33)51)35-18-5-11-23-41(35)52(42)48-46(49-37-19-7-8-20-38(37)50-48)30-25-26-44-36(27-30)34-17-6-12-24-43(34)53-44;1-2-13-30-26-33(25-24-29(30)12-1)45-46(48-38-19-8-7-18-37(38)47-45)50-42-23-11-22-41(44(42)36-27-31-14-3-4-15-32(31)28-43(36)50)49-39-20-9-5-16-34(39)35-17-6-10-21-40(35)49;1-2-13-27(14-3-1)41-42(44-34-20-9-8-19-33(34)43-41)46-38-24-12-23-37(40(38)32-25-28-15-4-5-16-29(28)26-39(32)46)45-35-21-10-6-17-30(35)31-18-7-11-22-36(31)45/h1-28H;1-28H;1-26H. The molecule has 0 bridgehead atoms. The topological polar surface area (TPSA) is 107 Å². The SMILES string of the molecule is c1ccc(-c2nc3ccccc3nc2-n2c3cc4ccccc4cc3c3c(-n4c5ccccc5c5ccccc54)cccc32)cc1.c1ccc2c(-n3c4ccccc4c4ccccc43)c3c4ccccc4n(-c4nc5ccccc5nc4-c4ccc5sc6ccccc6c5c4)c3cc2c1.c1ccc2cc(-c3nc4ccccc4nc3-n3c4cc5ccccc5cc4c4c(-n5c6ccccc6c6ccccc65)cccc43)ccc2c1. The van der Waals surface area contributed by atoms with Crippen LogP contribution >= 0.6 is 11.3 Å². The third-order valence-corrected chi connectivity index (χ3v) is 31.5. The van der Waals surface area contributed by atoms with Crippen LogP contribution < -0.4 is 0 Å². The molecule has 0 unspecified atom stereocenters. The van der Waals surface area contributed by atoms with Gasteiger partial charge in [-0.2, -0.15) is 0 Å². The highest BCUT2D eigenvalue weighted by Gasteiger charge is 2.31. The van der Waals surface area contributed by atoms with Crippen LogP contribution in [-0.2, 0) is 0 Å². The summed E-state index contributed by atoms with van der Waals surface area (Å²) >= 11 is 1.83. The van der Waals surface area contributed by atoms with E-state index in [9.17, 15) is 0 Å². The highest BCUT2D eigenvalue weighted by atomic mass is 32.1. The molecule has 13 heteroatoms. The van der Waals surface area contributed by atoms with Gasteiger partial charge in [0.1, 0.15) is 17.1 Å². The van der Waals surface area contributed by atoms with Gasteiger partial charge in [-0.05, 0) is 195 Å². The minimum absolute atomic E-state index is 0.814. The Morgan fingerprint density at radius 1 is 0.148 bits per heavy atom. The number of fused-ring (bicyclic) bond motifs is 28. The number of benzene rings is 23. The molecule has 0 amide bonds. The molecule has 0 N–H and O–H groups in total. The van der Waals surface area contributed by atoms with E-state index in [1.807, 2.05) is 65.9 Å². The van der Waals surface area contributed by atoms with Gasteiger partial charge in [0, 0.05) is 107 Å². The van der Waals surface area contributed by atoms with Gasteiger partial charge in [0.2, 0.25) is 0 Å². The zero-order valence-corrected chi connectivity index (χ0v) is 80.9. The van der Waals surface area contributed by atoms with E-state index in [1.54, 1.807) is 0 Å². The van der Waals surface area contributed by atoms with Crippen molar-refractivity contribution in [3.8, 4) is 68.3 Å². The summed E-state index contributed by atoms with van der Waals surface area (Å²) in [6, 6.07) is 178. The number of nitrogens with zero attached hydrogens (tertiary/aromatic N) is 12. The van der Waals surface area contributed by atoms with Crippen molar-refractivity contribution in [2.75, 3.05) is 0 Å². The van der Waals surface area contributed by atoms with Gasteiger partial charge in [-0.15, -0.1) is 11.3 Å². The van der Waals surface area contributed by atoms with E-state index in [2.05, 4.69) is 470 Å². The van der Waals surface area contributed by atoms with Crippen LogP contribution in [0, 0.1) is 0 Å². The number of rotatable bonds is 9. The third-order valence-electron chi connectivity index (χ3n) is 30.4. The summed E-state index contributed by atoms with van der Waals surface area (Å²) in [6.07, 6.45) is 0. The van der Waals surface area contributed by atoms with Gasteiger partial charge in [-0.3, -0.25) is 13.7 Å². The van der Waals surface area contributed by atoms with Gasteiger partial charge < -0.3 is 13.7 Å². The number of hydrogen-bond acceptors (Lipinski definition) is 7. The van der Waals surface area contributed by atoms with E-state index in [0.717, 1.165) is 129 Å². The molecular weight excluding hydrogens is 1830 g/mol. The van der Waals surface area contributed by atoms with Crippen LogP contribution in [0.1, 0.15) is 0 Å². The fourth-order valence-corrected chi connectivity index (χ4v) is 25.0. The quantitative estimate of drug-likeness (QED) is 0.142. The lowest BCUT2D eigenvalue weighted by Gasteiger charge is -2.16. The van der Waals surface area contributed by atoms with Crippen molar-refractivity contribution in [2.45, 2.75) is 0 Å². The third kappa shape index (κ3) is 13.1. The Labute approximate surface area is 855 Å². The van der Waals surface area contributed by atoms with E-state index in [-0.39, 0.29) is 0 Å². The van der Waals surface area contributed by atoms with Crippen molar-refractivity contribution in [1.82, 2.24) is 57.3 Å². The number of para-hydroxylation sites is 13. The molecule has 0 aliphatic rings. The first kappa shape index (κ1) is 83.7. The lowest BCUT2D eigenvalue weighted by Crippen LogP contribution is -2.04. The zero-order chi connectivity index (χ0) is 97.6. The molecule has 0 atom stereocenters. The molecule has 23 aromatic carbocycles. The zero-order valence-electron chi connectivity index (χ0n) is 80.1. The Balaban J connectivity index is 0.000000101. The molecule has 33 rings (SSSR count). The van der Waals surface area contributed by atoms with E-state index in [1.165, 1.54) is 167 Å². The van der Waals surface area contributed by atoms with Gasteiger partial charge in [0.15, 0.2) is 17.5 Å². The smallest absolute Gasteiger partial charge is 0.165 e. The first-order chi connectivity index (χ1) is 73.9. The predicted molar refractivity (Wildman–Crippen MR) is 624 cm³/mol. The summed E-state index contributed by atoms with van der Waals surface area (Å²) in [6.45, 7) is 0. The Kier molecular flexibility index (Phi) is 18.8. The second kappa shape index (κ2) is 33.4. The van der Waals surface area contributed by atoms with Gasteiger partial charge in [-0.25, -0.2) is 29.9 Å². The molecule has 0 aliphatic heterocycles. The van der Waals surface area contributed by atoms with Crippen LogP contribution in [0.5, 0.6) is 0 Å². The van der Waals surface area contributed by atoms with Gasteiger partial charge in [0.05, 0.1) is 116 Å². The Hall–Kier alpha value is -19.9. The van der Waals surface area contributed by atoms with Crippen molar-refractivity contribution >= 4 is 239 Å². The second-order valence-electron chi connectivity index (χ2n) is 38.6. The largest absolute Gasteiger partial charge is 0.309 e. The Morgan fingerprint density at radius 2 is 0.456 bits per heavy atom. The van der Waals surface area contributed by atoms with Crippen molar-refractivity contribution in [1.29, 1.82) is 0 Å². The van der Waals surface area contributed by atoms with Crippen LogP contribution in [0.3, 0.4) is 0 Å². The number of hydrogen-bond donors (Lipinski definition) is 0. The minimum Gasteiger partial charge on any atom is -0.309 e. The lowest BCUT2D eigenvalue weighted by molar-refractivity contribution is 1.08. The van der Waals surface area contributed by atoms with Crippen molar-refractivity contribution in [2.24, 2.45) is 0 Å². The average Bonchev–Trinajstić information content (AvgIpc) is 1.55. The maximum absolute atomic E-state index is 5.49. The molecule has 10 aromatic heterocycles. The second-order valence-corrected chi connectivity index (χ2v) is 39.7. The predicted octanol–water partition coefficient (Wildman–Crippen LogP) is 35.5. The summed E-state index contributed by atoms with van der Waals surface area (Å²) in [4.78, 5) is 32.3. The monoisotopic (exact) mass is 1910 g/mol. The lowest BCUT2D eigenvalue weighted by atomic mass is 10.0. The first-order valence-electron chi connectivity index (χ1n) is 50.5. The molecule has 33 aromatic rings. The molecular formula is C136H82N12S. The Morgan fingerprint density at radius 3 is 0.913 bits per heavy atom. The van der Waals surface area contributed by atoms with Crippen LogP contribution in [-0.4, -0.2) is 57.3 Å². The number of thiophene rings is 1. The molecule has 0 saturated carbocycles. The molecule has 0 fully saturated rings. The molecule has 149 heavy (non-hydrogen) atoms. The van der Waals surface area contributed by atoms with Crippen LogP contribution in [0.4, 0.5) is 0 Å². The molecule has 692 valence electrons. The minimum atomic E-state index is 0.814. The van der Waals surface area contributed by atoms with E-state index in [0.29, 0.717) is 0 Å². The first-order valence-corrected chi connectivity index (χ1v) is 51.4. The van der Waals surface area contributed by atoms with Crippen molar-refractivity contribution in [3.05, 3.63) is 497 Å². The summed E-state index contributed by atoms with van der Waals surface area (Å²) in [5.41, 5.74) is 28.0. The normalized spacial score (nSPS) is 12.0. The fourth-order valence-electron chi connectivity index (χ4n) is 23.9. The average molecular weight is 1920 g/mol. The van der Waals surface area contributed by atoms with E-state index < -0.39 is 0 Å². The van der Waals surface area contributed by atoms with Crippen LogP contribution in [0.15, 0.2) is 497 Å². The molecule has 0 radical (unpaired) electrons. The van der Waals surface area contributed by atoms with Gasteiger partial charge in [-0.1, -0.05) is 340 Å². The van der Waals surface area contributed by atoms with Crippen molar-refractivity contribution in [3.63, 3.8) is 0 Å². The molecule has 0 spiro atoms. The van der Waals surface area contributed by atoms with E-state index >= 15 is 0 Å². The highest BCUT2D eigenvalue weighted by Crippen LogP contribution is 2.50. The highest BCUT2D eigenvalue weighted by molar-refractivity contribution is 7.25. The fraction of sp³-hybridized carbons (Fsp3) is 0. The van der Waals surface area contributed by atoms with E-state index in [4.69, 9.17) is 29.9 Å². The van der Waals surface area contributed by atoms with Crippen LogP contribution in [0.2, 0.25) is 0 Å². The summed E-state index contributed by atoms with van der Waals surface area (Å²) in [5, 5.41) is 26.6. The Bertz CT molecular complexity index is 11300. The maximum atomic E-state index is 5.49. The molecule has 0 aliphatic carbocycles. The van der Waals surface area contributed by atoms with Crippen molar-refractivity contribution < 1.29 is 0 Å². The molecule has 0 saturated heterocycles. The molecule has 10 heterocycles. The maximum Gasteiger partial charge on any atom is 0.165 e. The summed E-state index contributed by atoms with van der Waals surface area (Å²) < 4.78 is 16.9. The number of aromatic nitrogens is 12. The molecule has 12 nitrogen and oxygen atoms in total. The van der Waals surface area contributed by atoms with Gasteiger partial charge >= 0.3 is 0 Å². The van der Waals surface area contributed by atoms with Gasteiger partial charge in [0.25, 0.3) is 0 Å². The summed E-state index contributed by atoms with van der Waals surface area (Å²) in [5.74, 6) is 2.45. The summed E-state index contributed by atoms with van der Waals surface area (Å²) in [7, 11) is 0.